The van der Waals surface area contributed by atoms with Gasteiger partial charge in [0, 0.05) is 43.8 Å². The first kappa shape index (κ1) is 17.2. The average Bonchev–Trinajstić information content (AvgIpc) is 2.56. The Morgan fingerprint density at radius 2 is 2.23 bits per heavy atom. The second-order valence-corrected chi connectivity index (χ2v) is 6.83. The number of carbonyl (C=O) groups excluding carboxylic acids is 1. The van der Waals surface area contributed by atoms with Crippen molar-refractivity contribution in [3.8, 4) is 0 Å². The van der Waals surface area contributed by atoms with Crippen LogP contribution < -0.4 is 5.32 Å². The molecule has 0 unspecified atom stereocenters. The van der Waals surface area contributed by atoms with Gasteiger partial charge < -0.3 is 5.32 Å². The van der Waals surface area contributed by atoms with Crippen LogP contribution in [0, 0.1) is 5.92 Å². The van der Waals surface area contributed by atoms with Gasteiger partial charge in [0.05, 0.1) is 5.92 Å². The summed E-state index contributed by atoms with van der Waals surface area (Å²) in [7, 11) is 1.71. The number of unbranched alkanes of at least 4 members (excludes halogenated alkanes) is 1. The lowest BCUT2D eigenvalue weighted by Gasteiger charge is -2.31. The molecule has 1 fully saturated rings. The molecule has 1 N–H and O–H groups in total. The van der Waals surface area contributed by atoms with E-state index in [0.29, 0.717) is 0 Å². The molecule has 6 heteroatoms. The zero-order valence-electron chi connectivity index (χ0n) is 13.5. The second kappa shape index (κ2) is 9.10. The quantitative estimate of drug-likeness (QED) is 0.474. The molecule has 0 aromatic carbocycles. The summed E-state index contributed by atoms with van der Waals surface area (Å²) < 4.78 is 0. The molecule has 0 radical (unpaired) electrons. The number of likely N-dealkylation sites (tertiary alicyclic amines) is 1. The summed E-state index contributed by atoms with van der Waals surface area (Å²) in [6.07, 6.45) is 8.30. The van der Waals surface area contributed by atoms with E-state index in [2.05, 4.69) is 27.1 Å². The summed E-state index contributed by atoms with van der Waals surface area (Å²) >= 11 is 1.72. The first-order valence-electron chi connectivity index (χ1n) is 8.10. The Balaban J connectivity index is 1.83. The summed E-state index contributed by atoms with van der Waals surface area (Å²) in [5.41, 5.74) is 1.12. The lowest BCUT2D eigenvalue weighted by molar-refractivity contribution is -0.126. The minimum Gasteiger partial charge on any atom is -0.359 e. The van der Waals surface area contributed by atoms with Crippen LogP contribution in [0.5, 0.6) is 0 Å². The summed E-state index contributed by atoms with van der Waals surface area (Å²) in [6.45, 7) is 4.88. The molecule has 1 aliphatic rings. The van der Waals surface area contributed by atoms with Crippen molar-refractivity contribution in [2.45, 2.75) is 44.3 Å². The molecule has 122 valence electrons. The van der Waals surface area contributed by atoms with Gasteiger partial charge >= 0.3 is 0 Å². The van der Waals surface area contributed by atoms with Gasteiger partial charge in [-0.05, 0) is 25.8 Å². The number of piperidine rings is 1. The summed E-state index contributed by atoms with van der Waals surface area (Å²) in [4.78, 5) is 23.0. The van der Waals surface area contributed by atoms with E-state index < -0.39 is 0 Å². The number of carbonyl (C=O) groups is 1. The van der Waals surface area contributed by atoms with Crippen molar-refractivity contribution in [2.24, 2.45) is 5.92 Å². The van der Waals surface area contributed by atoms with Gasteiger partial charge in [-0.25, -0.2) is 9.97 Å². The molecule has 0 saturated carbocycles. The lowest BCUT2D eigenvalue weighted by Crippen LogP contribution is -2.41. The zero-order valence-corrected chi connectivity index (χ0v) is 14.4. The van der Waals surface area contributed by atoms with E-state index in [1.165, 1.54) is 12.8 Å². The van der Waals surface area contributed by atoms with E-state index in [9.17, 15) is 4.79 Å². The molecule has 1 saturated heterocycles. The minimum atomic E-state index is 0.114. The van der Waals surface area contributed by atoms with Crippen LogP contribution in [-0.4, -0.2) is 46.7 Å². The number of aromatic nitrogens is 2. The first-order valence-corrected chi connectivity index (χ1v) is 9.09. The summed E-state index contributed by atoms with van der Waals surface area (Å²) in [6, 6.07) is 0. The smallest absolute Gasteiger partial charge is 0.224 e. The standard InChI is InChI=1S/C16H26N4OS/c1-3-4-8-22-16-18-9-13(10-19-16)11-20-7-5-6-14(12-20)15(21)17-2/h9-10,14H,3-8,11-12H2,1-2H3,(H,17,21)/t14-/m1/s1. The van der Waals surface area contributed by atoms with Gasteiger partial charge in [-0.3, -0.25) is 9.69 Å². The number of nitrogens with one attached hydrogen (secondary N) is 1. The van der Waals surface area contributed by atoms with Gasteiger partial charge in [0.2, 0.25) is 5.91 Å². The molecule has 1 aliphatic heterocycles. The molecule has 22 heavy (non-hydrogen) atoms. The normalized spacial score (nSPS) is 19.1. The lowest BCUT2D eigenvalue weighted by atomic mass is 9.97. The van der Waals surface area contributed by atoms with E-state index in [4.69, 9.17) is 0 Å². The van der Waals surface area contributed by atoms with Crippen LogP contribution in [0.15, 0.2) is 17.6 Å². The SMILES string of the molecule is CCCCSc1ncc(CN2CCC[C@@H](C(=O)NC)C2)cn1. The van der Waals surface area contributed by atoms with E-state index >= 15 is 0 Å². The Morgan fingerprint density at radius 1 is 1.45 bits per heavy atom. The Hall–Kier alpha value is -1.14. The van der Waals surface area contributed by atoms with Gasteiger partial charge in [-0.1, -0.05) is 25.1 Å². The van der Waals surface area contributed by atoms with Crippen molar-refractivity contribution in [3.63, 3.8) is 0 Å². The number of hydrogen-bond donors (Lipinski definition) is 1. The van der Waals surface area contributed by atoms with E-state index in [0.717, 1.165) is 48.9 Å². The molecular formula is C16H26N4OS. The molecular weight excluding hydrogens is 296 g/mol. The third-order valence-electron chi connectivity index (χ3n) is 3.94. The Bertz CT molecular complexity index is 466. The van der Waals surface area contributed by atoms with E-state index in [1.807, 2.05) is 12.4 Å². The maximum absolute atomic E-state index is 11.8. The highest BCUT2D eigenvalue weighted by molar-refractivity contribution is 7.99. The van der Waals surface area contributed by atoms with Crippen LogP contribution >= 0.6 is 11.8 Å². The molecule has 1 aromatic heterocycles. The highest BCUT2D eigenvalue weighted by Crippen LogP contribution is 2.19. The average molecular weight is 322 g/mol. The fourth-order valence-corrected chi connectivity index (χ4v) is 3.55. The van der Waals surface area contributed by atoms with Crippen LogP contribution in [-0.2, 0) is 11.3 Å². The summed E-state index contributed by atoms with van der Waals surface area (Å²) in [5, 5.41) is 3.62. The number of thioether (sulfide) groups is 1. The molecule has 2 heterocycles. The third-order valence-corrected chi connectivity index (χ3v) is 4.90. The molecule has 2 rings (SSSR count). The van der Waals surface area contributed by atoms with Crippen molar-refractivity contribution in [1.29, 1.82) is 0 Å². The topological polar surface area (TPSA) is 58.1 Å². The predicted octanol–water partition coefficient (Wildman–Crippen LogP) is 2.33. The van der Waals surface area contributed by atoms with Crippen molar-refractivity contribution in [2.75, 3.05) is 25.9 Å². The molecule has 0 aliphatic carbocycles. The van der Waals surface area contributed by atoms with Crippen molar-refractivity contribution >= 4 is 17.7 Å². The molecule has 1 aromatic rings. The first-order chi connectivity index (χ1) is 10.7. The van der Waals surface area contributed by atoms with Crippen LogP contribution in [0.2, 0.25) is 0 Å². The number of nitrogens with zero attached hydrogens (tertiary/aromatic N) is 3. The minimum absolute atomic E-state index is 0.114. The van der Waals surface area contributed by atoms with Gasteiger partial charge in [-0.15, -0.1) is 0 Å². The molecule has 5 nitrogen and oxygen atoms in total. The Morgan fingerprint density at radius 3 is 2.91 bits per heavy atom. The monoisotopic (exact) mass is 322 g/mol. The van der Waals surface area contributed by atoms with Crippen LogP contribution in [0.4, 0.5) is 0 Å². The van der Waals surface area contributed by atoms with Gasteiger partial charge in [0.15, 0.2) is 5.16 Å². The number of amides is 1. The number of hydrogen-bond acceptors (Lipinski definition) is 5. The van der Waals surface area contributed by atoms with Gasteiger partial charge in [0.25, 0.3) is 0 Å². The second-order valence-electron chi connectivity index (χ2n) is 5.76. The molecule has 1 amide bonds. The summed E-state index contributed by atoms with van der Waals surface area (Å²) in [5.74, 6) is 1.35. The number of rotatable bonds is 7. The maximum Gasteiger partial charge on any atom is 0.224 e. The molecule has 0 spiro atoms. The fraction of sp³-hybridized carbons (Fsp3) is 0.688. The molecule has 1 atom stereocenters. The third kappa shape index (κ3) is 5.25. The Kier molecular flexibility index (Phi) is 7.12. The highest BCUT2D eigenvalue weighted by atomic mass is 32.2. The van der Waals surface area contributed by atoms with Gasteiger partial charge in [-0.2, -0.15) is 0 Å². The predicted molar refractivity (Wildman–Crippen MR) is 89.7 cm³/mol. The van der Waals surface area contributed by atoms with Crippen molar-refractivity contribution < 1.29 is 4.79 Å². The largest absolute Gasteiger partial charge is 0.359 e. The fourth-order valence-electron chi connectivity index (χ4n) is 2.68. The van der Waals surface area contributed by atoms with Crippen LogP contribution in [0.3, 0.4) is 0 Å². The zero-order chi connectivity index (χ0) is 15.8. The van der Waals surface area contributed by atoms with Gasteiger partial charge in [0.1, 0.15) is 0 Å². The van der Waals surface area contributed by atoms with Crippen molar-refractivity contribution in [3.05, 3.63) is 18.0 Å². The van der Waals surface area contributed by atoms with E-state index in [-0.39, 0.29) is 11.8 Å². The maximum atomic E-state index is 11.8. The van der Waals surface area contributed by atoms with E-state index in [1.54, 1.807) is 18.8 Å². The highest BCUT2D eigenvalue weighted by Gasteiger charge is 2.24. The Labute approximate surface area is 137 Å². The van der Waals surface area contributed by atoms with Crippen LogP contribution in [0.25, 0.3) is 0 Å². The van der Waals surface area contributed by atoms with Crippen LogP contribution in [0.1, 0.15) is 38.2 Å². The van der Waals surface area contributed by atoms with Crippen molar-refractivity contribution in [1.82, 2.24) is 20.2 Å². The molecule has 0 bridgehead atoms.